The molecule has 2 rings (SSSR count). The third-order valence-electron chi connectivity index (χ3n) is 3.69. The minimum atomic E-state index is -2.79. The summed E-state index contributed by atoms with van der Waals surface area (Å²) in [5.74, 6) is -2.76. The molecule has 1 aromatic heterocycles. The Hall–Kier alpha value is -1.99. The Bertz CT molecular complexity index is 712. The molecule has 24 heavy (non-hydrogen) atoms. The molecule has 130 valence electrons. The molecule has 1 unspecified atom stereocenters. The first kappa shape index (κ1) is 18.4. The number of aliphatic hydroxyl groups is 1. The maximum atomic E-state index is 14.8. The average Bonchev–Trinajstić information content (AvgIpc) is 2.48. The Balaban J connectivity index is 2.71. The van der Waals surface area contributed by atoms with Crippen molar-refractivity contribution in [1.29, 1.82) is 0 Å². The van der Waals surface area contributed by atoms with E-state index in [0.29, 0.717) is 0 Å². The lowest BCUT2D eigenvalue weighted by molar-refractivity contribution is 0.0737. The summed E-state index contributed by atoms with van der Waals surface area (Å²) in [4.78, 5) is 3.97. The number of alkyl halides is 2. The number of aromatic nitrogens is 1. The van der Waals surface area contributed by atoms with Gasteiger partial charge in [0.1, 0.15) is 11.5 Å². The van der Waals surface area contributed by atoms with Crippen LogP contribution in [0.15, 0.2) is 30.3 Å². The van der Waals surface area contributed by atoms with Gasteiger partial charge in [0.05, 0.1) is 17.2 Å². The van der Waals surface area contributed by atoms with Gasteiger partial charge in [-0.1, -0.05) is 0 Å². The summed E-state index contributed by atoms with van der Waals surface area (Å²) < 4.78 is 54.2. The Kier molecular flexibility index (Phi) is 5.25. The zero-order chi connectivity index (χ0) is 18.1. The molecule has 2 aromatic rings. The van der Waals surface area contributed by atoms with E-state index < -0.39 is 29.6 Å². The van der Waals surface area contributed by atoms with Gasteiger partial charge >= 0.3 is 0 Å². The van der Waals surface area contributed by atoms with E-state index in [0.717, 1.165) is 18.2 Å². The number of nitrogens with zero attached hydrogens (tertiary/aromatic N) is 1. The Morgan fingerprint density at radius 3 is 2.21 bits per heavy atom. The second-order valence-electron chi connectivity index (χ2n) is 6.00. The van der Waals surface area contributed by atoms with Crippen molar-refractivity contribution in [2.45, 2.75) is 31.8 Å². The largest absolute Gasteiger partial charge is 0.386 e. The summed E-state index contributed by atoms with van der Waals surface area (Å²) in [6, 6.07) is 5.91. The van der Waals surface area contributed by atoms with Crippen molar-refractivity contribution >= 4 is 0 Å². The summed E-state index contributed by atoms with van der Waals surface area (Å²) >= 11 is 0. The van der Waals surface area contributed by atoms with Gasteiger partial charge < -0.3 is 10.8 Å². The highest BCUT2D eigenvalue weighted by Crippen LogP contribution is 2.33. The summed E-state index contributed by atoms with van der Waals surface area (Å²) in [7, 11) is 0. The molecule has 1 aromatic carbocycles. The Morgan fingerprint density at radius 1 is 1.17 bits per heavy atom. The number of benzene rings is 1. The van der Waals surface area contributed by atoms with Crippen LogP contribution in [0.2, 0.25) is 0 Å². The zero-order valence-electron chi connectivity index (χ0n) is 13.2. The van der Waals surface area contributed by atoms with Crippen molar-refractivity contribution in [1.82, 2.24) is 4.98 Å². The van der Waals surface area contributed by atoms with Gasteiger partial charge in [-0.05, 0) is 44.2 Å². The van der Waals surface area contributed by atoms with E-state index >= 15 is 0 Å². The van der Waals surface area contributed by atoms with Crippen LogP contribution in [0.1, 0.15) is 31.0 Å². The number of pyridine rings is 1. The minimum Gasteiger partial charge on any atom is -0.386 e. The van der Waals surface area contributed by atoms with E-state index in [4.69, 9.17) is 5.73 Å². The highest BCUT2D eigenvalue weighted by molar-refractivity contribution is 5.61. The van der Waals surface area contributed by atoms with Crippen LogP contribution >= 0.6 is 0 Å². The highest BCUT2D eigenvalue weighted by atomic mass is 19.3. The van der Waals surface area contributed by atoms with Gasteiger partial charge in [-0.2, -0.15) is 0 Å². The average molecular weight is 342 g/mol. The highest BCUT2D eigenvalue weighted by Gasteiger charge is 2.29. The smallest absolute Gasteiger partial charge is 0.248 e. The SMILES string of the molecule is CC(C)(O)c1cc(C(CN)C(F)F)nc(-c2ccc(F)cc2)c1F. The summed E-state index contributed by atoms with van der Waals surface area (Å²) in [6.07, 6.45) is -2.79. The standard InChI is InChI=1S/C17H18F4N2O/c1-17(2,24)12-7-13(11(8-22)16(20)21)23-15(14(12)19)9-3-5-10(18)6-4-9/h3-7,11,16,24H,8,22H2,1-2H3. The van der Waals surface area contributed by atoms with Crippen molar-refractivity contribution < 1.29 is 22.7 Å². The predicted molar refractivity (Wildman–Crippen MR) is 82.6 cm³/mol. The predicted octanol–water partition coefficient (Wildman–Crippen LogP) is 3.56. The van der Waals surface area contributed by atoms with Crippen LogP contribution < -0.4 is 5.73 Å². The van der Waals surface area contributed by atoms with Crippen molar-refractivity contribution in [2.75, 3.05) is 6.54 Å². The summed E-state index contributed by atoms with van der Waals surface area (Å²) in [5, 5.41) is 10.2. The third kappa shape index (κ3) is 3.73. The molecule has 0 saturated heterocycles. The number of hydrogen-bond donors (Lipinski definition) is 2. The van der Waals surface area contributed by atoms with Crippen molar-refractivity contribution in [3.05, 3.63) is 53.2 Å². The van der Waals surface area contributed by atoms with Gasteiger partial charge in [-0.25, -0.2) is 22.5 Å². The molecule has 3 nitrogen and oxygen atoms in total. The van der Waals surface area contributed by atoms with E-state index in [-0.39, 0.29) is 29.1 Å². The zero-order valence-corrected chi connectivity index (χ0v) is 13.2. The van der Waals surface area contributed by atoms with Gasteiger partial charge in [-0.15, -0.1) is 0 Å². The molecular formula is C17H18F4N2O. The normalized spacial score (nSPS) is 13.4. The van der Waals surface area contributed by atoms with Crippen molar-refractivity contribution in [3.63, 3.8) is 0 Å². The van der Waals surface area contributed by atoms with Gasteiger partial charge in [0.25, 0.3) is 0 Å². The van der Waals surface area contributed by atoms with E-state index in [1.165, 1.54) is 26.0 Å². The molecule has 1 heterocycles. The number of nitrogens with two attached hydrogens (primary N) is 1. The lowest BCUT2D eigenvalue weighted by Crippen LogP contribution is -2.24. The van der Waals surface area contributed by atoms with Crippen molar-refractivity contribution in [2.24, 2.45) is 5.73 Å². The first-order valence-electron chi connectivity index (χ1n) is 7.32. The fraction of sp³-hybridized carbons (Fsp3) is 0.353. The fourth-order valence-corrected chi connectivity index (χ4v) is 2.34. The maximum Gasteiger partial charge on any atom is 0.248 e. The van der Waals surface area contributed by atoms with E-state index in [1.54, 1.807) is 0 Å². The second-order valence-corrected chi connectivity index (χ2v) is 6.00. The fourth-order valence-electron chi connectivity index (χ4n) is 2.34. The van der Waals surface area contributed by atoms with Crippen LogP contribution in [0.5, 0.6) is 0 Å². The monoisotopic (exact) mass is 342 g/mol. The van der Waals surface area contributed by atoms with Crippen LogP contribution in [0.3, 0.4) is 0 Å². The van der Waals surface area contributed by atoms with Crippen LogP contribution in [0.4, 0.5) is 17.6 Å². The number of hydrogen-bond acceptors (Lipinski definition) is 3. The molecule has 0 fully saturated rings. The van der Waals surface area contributed by atoms with Gasteiger partial charge in [0, 0.05) is 17.7 Å². The molecule has 0 amide bonds. The molecular weight excluding hydrogens is 324 g/mol. The van der Waals surface area contributed by atoms with Crippen LogP contribution in [-0.4, -0.2) is 23.1 Å². The van der Waals surface area contributed by atoms with Gasteiger partial charge in [0.2, 0.25) is 6.43 Å². The first-order chi connectivity index (χ1) is 11.1. The number of halogens is 4. The Morgan fingerprint density at radius 2 is 1.75 bits per heavy atom. The molecule has 3 N–H and O–H groups in total. The molecule has 1 atom stereocenters. The van der Waals surface area contributed by atoms with E-state index in [1.807, 2.05) is 0 Å². The summed E-state index contributed by atoms with van der Waals surface area (Å²) in [6.45, 7) is 2.29. The lowest BCUT2D eigenvalue weighted by Gasteiger charge is -2.23. The van der Waals surface area contributed by atoms with Gasteiger partial charge in [0.15, 0.2) is 5.82 Å². The molecule has 0 spiro atoms. The van der Waals surface area contributed by atoms with Gasteiger partial charge in [-0.3, -0.25) is 0 Å². The molecule has 0 aliphatic rings. The van der Waals surface area contributed by atoms with E-state index in [2.05, 4.69) is 4.98 Å². The topological polar surface area (TPSA) is 59.1 Å². The van der Waals surface area contributed by atoms with Crippen LogP contribution in [0.25, 0.3) is 11.3 Å². The maximum absolute atomic E-state index is 14.8. The third-order valence-corrected chi connectivity index (χ3v) is 3.69. The lowest BCUT2D eigenvalue weighted by atomic mass is 9.92. The first-order valence-corrected chi connectivity index (χ1v) is 7.32. The molecule has 7 heteroatoms. The quantitative estimate of drug-likeness (QED) is 0.817. The molecule has 0 aliphatic carbocycles. The Labute approximate surface area is 137 Å². The summed E-state index contributed by atoms with van der Waals surface area (Å²) in [5.41, 5.74) is 3.46. The van der Waals surface area contributed by atoms with E-state index in [9.17, 15) is 22.7 Å². The molecule has 0 aliphatic heterocycles. The molecule has 0 saturated carbocycles. The van der Waals surface area contributed by atoms with Crippen molar-refractivity contribution in [3.8, 4) is 11.3 Å². The minimum absolute atomic E-state index is 0.120. The second kappa shape index (κ2) is 6.86. The molecule has 0 radical (unpaired) electrons. The van der Waals surface area contributed by atoms with Crippen LogP contribution in [-0.2, 0) is 5.60 Å². The van der Waals surface area contributed by atoms with Crippen LogP contribution in [0, 0.1) is 11.6 Å². The molecule has 0 bridgehead atoms. The number of rotatable bonds is 5.